The number of fused-ring (bicyclic) bond motifs is 1. The molecule has 0 radical (unpaired) electrons. The van der Waals surface area contributed by atoms with Crippen LogP contribution in [0.2, 0.25) is 5.02 Å². The van der Waals surface area contributed by atoms with E-state index >= 15 is 0 Å². The van der Waals surface area contributed by atoms with Gasteiger partial charge in [-0.2, -0.15) is 0 Å². The van der Waals surface area contributed by atoms with Gasteiger partial charge in [-0.1, -0.05) is 11.6 Å². The minimum atomic E-state index is -0.669. The van der Waals surface area contributed by atoms with Crippen LogP contribution in [0.5, 0.6) is 5.75 Å². The Labute approximate surface area is 184 Å². The molecule has 2 aliphatic carbocycles. The van der Waals surface area contributed by atoms with Crippen LogP contribution >= 0.6 is 11.6 Å². The monoisotopic (exact) mass is 439 g/mol. The number of ether oxygens (including phenoxy) is 2. The van der Waals surface area contributed by atoms with E-state index < -0.39 is 6.10 Å². The fourth-order valence-electron chi connectivity index (χ4n) is 5.31. The SMILES string of the molecule is CC(Oc1ccc(NC(=O)C2C3CC4OC(=O)C2C4C3)cc1)C(=O)c1ccc(Cl)cc1. The molecule has 2 aromatic rings. The van der Waals surface area contributed by atoms with Crippen molar-refractivity contribution in [1.29, 1.82) is 0 Å². The van der Waals surface area contributed by atoms with Crippen LogP contribution in [-0.4, -0.2) is 29.9 Å². The highest BCUT2D eigenvalue weighted by Gasteiger charge is 2.63. The third-order valence-electron chi connectivity index (χ3n) is 6.72. The standard InChI is InChI=1S/C24H22ClNO5/c1-12(22(27)13-2-4-15(25)5-3-13)30-17-8-6-16(7-9-17)26-23(28)20-14-10-18-19(11-14)31-24(29)21(18)20/h2-9,12,14,18-21H,10-11H2,1H3,(H,26,28). The van der Waals surface area contributed by atoms with Gasteiger partial charge in [0.2, 0.25) is 11.7 Å². The fourth-order valence-corrected chi connectivity index (χ4v) is 5.44. The van der Waals surface area contributed by atoms with Gasteiger partial charge >= 0.3 is 5.97 Å². The van der Waals surface area contributed by atoms with Crippen molar-refractivity contribution >= 4 is 34.9 Å². The highest BCUT2D eigenvalue weighted by Crippen LogP contribution is 2.57. The summed E-state index contributed by atoms with van der Waals surface area (Å²) in [5, 5.41) is 3.49. The molecule has 1 N–H and O–H groups in total. The minimum absolute atomic E-state index is 0.0144. The lowest BCUT2D eigenvalue weighted by Crippen LogP contribution is -2.35. The molecule has 3 aliphatic rings. The number of nitrogens with one attached hydrogen (secondary N) is 1. The van der Waals surface area contributed by atoms with Gasteiger partial charge in [0.25, 0.3) is 0 Å². The second-order valence-corrected chi connectivity index (χ2v) is 9.00. The maximum absolute atomic E-state index is 12.9. The zero-order valence-electron chi connectivity index (χ0n) is 16.9. The number of esters is 1. The number of ketones is 1. The number of hydrogen-bond acceptors (Lipinski definition) is 5. The molecule has 1 saturated heterocycles. The predicted molar refractivity (Wildman–Crippen MR) is 114 cm³/mol. The Morgan fingerprint density at radius 2 is 1.81 bits per heavy atom. The molecule has 31 heavy (non-hydrogen) atoms. The third-order valence-corrected chi connectivity index (χ3v) is 6.97. The number of rotatable bonds is 6. The quantitative estimate of drug-likeness (QED) is 0.540. The van der Waals surface area contributed by atoms with E-state index in [2.05, 4.69) is 5.32 Å². The molecule has 1 heterocycles. The summed E-state index contributed by atoms with van der Waals surface area (Å²) >= 11 is 5.87. The highest BCUT2D eigenvalue weighted by atomic mass is 35.5. The second kappa shape index (κ2) is 7.68. The third kappa shape index (κ3) is 3.59. The van der Waals surface area contributed by atoms with Crippen molar-refractivity contribution in [3.05, 3.63) is 59.1 Å². The van der Waals surface area contributed by atoms with Gasteiger partial charge < -0.3 is 14.8 Å². The summed E-state index contributed by atoms with van der Waals surface area (Å²) in [6.45, 7) is 1.69. The summed E-state index contributed by atoms with van der Waals surface area (Å²) in [5.74, 6) is -0.178. The van der Waals surface area contributed by atoms with Gasteiger partial charge in [0, 0.05) is 22.2 Å². The lowest BCUT2D eigenvalue weighted by Gasteiger charge is -2.23. The highest BCUT2D eigenvalue weighted by molar-refractivity contribution is 6.30. The average Bonchev–Trinajstić information content (AvgIpc) is 3.38. The predicted octanol–water partition coefficient (Wildman–Crippen LogP) is 4.13. The van der Waals surface area contributed by atoms with Crippen molar-refractivity contribution in [2.45, 2.75) is 32.0 Å². The summed E-state index contributed by atoms with van der Waals surface area (Å²) in [6.07, 6.45) is 1.03. The molecular formula is C24H22ClNO5. The fraction of sp³-hybridized carbons (Fsp3) is 0.375. The summed E-state index contributed by atoms with van der Waals surface area (Å²) in [4.78, 5) is 37.5. The molecule has 1 amide bonds. The largest absolute Gasteiger partial charge is 0.483 e. The molecule has 2 bridgehead atoms. The number of carbonyl (C=O) groups excluding carboxylic acids is 3. The summed E-state index contributed by atoms with van der Waals surface area (Å²) in [7, 11) is 0. The maximum atomic E-state index is 12.9. The van der Waals surface area contributed by atoms with Gasteiger partial charge in [0.1, 0.15) is 11.9 Å². The number of benzene rings is 2. The van der Waals surface area contributed by atoms with Crippen molar-refractivity contribution in [3.63, 3.8) is 0 Å². The Balaban J connectivity index is 1.20. The number of carbonyl (C=O) groups is 3. The molecule has 6 unspecified atom stereocenters. The van der Waals surface area contributed by atoms with Crippen molar-refractivity contribution < 1.29 is 23.9 Å². The van der Waals surface area contributed by atoms with Gasteiger partial charge in [-0.3, -0.25) is 14.4 Å². The molecule has 6 nitrogen and oxygen atoms in total. The van der Waals surface area contributed by atoms with Gasteiger partial charge in [-0.25, -0.2) is 0 Å². The summed E-state index contributed by atoms with van der Waals surface area (Å²) in [5.41, 5.74) is 1.15. The van der Waals surface area contributed by atoms with E-state index in [1.165, 1.54) is 0 Å². The summed E-state index contributed by atoms with van der Waals surface area (Å²) < 4.78 is 11.2. The Morgan fingerprint density at radius 1 is 1.10 bits per heavy atom. The van der Waals surface area contributed by atoms with Gasteiger partial charge in [0.05, 0.1) is 11.8 Å². The minimum Gasteiger partial charge on any atom is -0.483 e. The van der Waals surface area contributed by atoms with Crippen LogP contribution in [0.25, 0.3) is 0 Å². The van der Waals surface area contributed by atoms with Gasteiger partial charge in [0.15, 0.2) is 6.10 Å². The lowest BCUT2D eigenvalue weighted by atomic mass is 9.79. The van der Waals surface area contributed by atoms with Crippen molar-refractivity contribution in [2.75, 3.05) is 5.32 Å². The topological polar surface area (TPSA) is 81.7 Å². The van der Waals surface area contributed by atoms with Crippen LogP contribution in [0, 0.1) is 23.7 Å². The Bertz CT molecular complexity index is 1030. The van der Waals surface area contributed by atoms with Gasteiger partial charge in [-0.15, -0.1) is 0 Å². The first kappa shape index (κ1) is 20.1. The van der Waals surface area contributed by atoms with E-state index in [0.29, 0.717) is 22.0 Å². The molecular weight excluding hydrogens is 418 g/mol. The molecule has 0 aromatic heterocycles. The zero-order valence-corrected chi connectivity index (χ0v) is 17.7. The molecule has 7 heteroatoms. The Hall–Kier alpha value is -2.86. The number of halogens is 1. The van der Waals surface area contributed by atoms with Crippen LogP contribution in [-0.2, 0) is 14.3 Å². The van der Waals surface area contributed by atoms with E-state index in [-0.39, 0.29) is 47.4 Å². The second-order valence-electron chi connectivity index (χ2n) is 8.57. The van der Waals surface area contributed by atoms with E-state index in [1.807, 2.05) is 0 Å². The summed E-state index contributed by atoms with van der Waals surface area (Å²) in [6, 6.07) is 13.6. The molecule has 0 spiro atoms. The average molecular weight is 440 g/mol. The van der Waals surface area contributed by atoms with Crippen LogP contribution < -0.4 is 10.1 Å². The number of anilines is 1. The molecule has 1 aliphatic heterocycles. The van der Waals surface area contributed by atoms with Crippen molar-refractivity contribution in [1.82, 2.24) is 0 Å². The van der Waals surface area contributed by atoms with E-state index in [4.69, 9.17) is 21.1 Å². The van der Waals surface area contributed by atoms with E-state index in [9.17, 15) is 14.4 Å². The van der Waals surface area contributed by atoms with Crippen LogP contribution in [0.4, 0.5) is 5.69 Å². The van der Waals surface area contributed by atoms with Crippen LogP contribution in [0.1, 0.15) is 30.1 Å². The van der Waals surface area contributed by atoms with E-state index in [0.717, 1.165) is 12.8 Å². The zero-order chi connectivity index (χ0) is 21.7. The Kier molecular flexibility index (Phi) is 4.97. The number of amides is 1. The number of Topliss-reactive ketones (excluding diaryl/α,β-unsaturated/α-hetero) is 1. The first-order valence-corrected chi connectivity index (χ1v) is 10.9. The van der Waals surface area contributed by atoms with Crippen molar-refractivity contribution in [3.8, 4) is 5.75 Å². The van der Waals surface area contributed by atoms with Crippen LogP contribution in [0.3, 0.4) is 0 Å². The number of hydrogen-bond donors (Lipinski definition) is 1. The molecule has 2 saturated carbocycles. The van der Waals surface area contributed by atoms with Crippen LogP contribution in [0.15, 0.2) is 48.5 Å². The Morgan fingerprint density at radius 3 is 2.52 bits per heavy atom. The first-order chi connectivity index (χ1) is 14.9. The molecule has 3 fully saturated rings. The van der Waals surface area contributed by atoms with E-state index in [1.54, 1.807) is 55.5 Å². The first-order valence-electron chi connectivity index (χ1n) is 10.5. The molecule has 160 valence electrons. The smallest absolute Gasteiger partial charge is 0.310 e. The van der Waals surface area contributed by atoms with Gasteiger partial charge in [-0.05, 0) is 74.2 Å². The maximum Gasteiger partial charge on any atom is 0.310 e. The molecule has 6 atom stereocenters. The molecule has 5 rings (SSSR count). The molecule has 2 aromatic carbocycles. The van der Waals surface area contributed by atoms with Crippen molar-refractivity contribution in [2.24, 2.45) is 23.7 Å². The lowest BCUT2D eigenvalue weighted by molar-refractivity contribution is -0.145. The normalized spacial score (nSPS) is 28.8.